The van der Waals surface area contributed by atoms with E-state index in [1.54, 1.807) is 0 Å². The van der Waals surface area contributed by atoms with Gasteiger partial charge in [-0.1, -0.05) is 0 Å². The Balaban J connectivity index is 3.64. The summed E-state index contributed by atoms with van der Waals surface area (Å²) in [6.07, 6.45) is -0.854. The van der Waals surface area contributed by atoms with Crippen LogP contribution in [0.25, 0.3) is 0 Å². The van der Waals surface area contributed by atoms with Gasteiger partial charge in [-0.2, -0.15) is 0 Å². The van der Waals surface area contributed by atoms with E-state index in [0.29, 0.717) is 0 Å². The number of carbonyl (C=O) groups excluding carboxylic acids is 1. The number of carbonyl (C=O) groups is 1. The molecule has 8 heavy (non-hydrogen) atoms. The molecule has 0 aliphatic carbocycles. The van der Waals surface area contributed by atoms with E-state index in [1.165, 1.54) is 6.92 Å². The highest BCUT2D eigenvalue weighted by Gasteiger charge is 2.13. The summed E-state index contributed by atoms with van der Waals surface area (Å²) in [4.78, 5) is 10.1. The lowest BCUT2D eigenvalue weighted by Gasteiger charge is -2.08. The van der Waals surface area contributed by atoms with Crippen LogP contribution >= 0.6 is 0 Å². The molecule has 0 spiro atoms. The van der Waals surface area contributed by atoms with Gasteiger partial charge in [0.05, 0.1) is 6.10 Å². The van der Waals surface area contributed by atoms with Crippen LogP contribution in [0.1, 0.15) is 6.92 Å². The van der Waals surface area contributed by atoms with E-state index in [0.717, 1.165) is 0 Å². The first kappa shape index (κ1) is 7.39. The highest BCUT2D eigenvalue weighted by Crippen LogP contribution is 1.84. The van der Waals surface area contributed by atoms with Gasteiger partial charge in [0.25, 0.3) is 0 Å². The first-order valence-electron chi connectivity index (χ1n) is 2.28. The molecule has 0 aliphatic rings. The van der Waals surface area contributed by atoms with Gasteiger partial charge in [-0.05, 0) is 6.92 Å². The number of aliphatic hydroxyl groups is 1. The van der Waals surface area contributed by atoms with Crippen molar-refractivity contribution in [1.29, 1.82) is 0 Å². The van der Waals surface area contributed by atoms with E-state index < -0.39 is 18.1 Å². The smallest absolute Gasteiger partial charge is 0.237 e. The molecule has 0 saturated carbocycles. The van der Waals surface area contributed by atoms with E-state index in [4.69, 9.17) is 16.6 Å². The van der Waals surface area contributed by atoms with Crippen molar-refractivity contribution in [3.8, 4) is 0 Å². The molecule has 0 aliphatic heterocycles. The minimum Gasteiger partial charge on any atom is -0.391 e. The Kier molecular flexibility index (Phi) is 2.44. The summed E-state index contributed by atoms with van der Waals surface area (Å²) in [6, 6.07) is -0.935. The third-order valence-electron chi connectivity index (χ3n) is 0.848. The Bertz CT molecular complexity index is 92.0. The predicted molar refractivity (Wildman–Crippen MR) is 28.9 cm³/mol. The molecule has 0 aromatic carbocycles. The largest absolute Gasteiger partial charge is 0.391 e. The molecule has 2 atom stereocenters. The molecule has 48 valence electrons. The molecule has 4 nitrogen and oxygen atoms in total. The van der Waals surface area contributed by atoms with Crippen LogP contribution in [0, 0.1) is 0 Å². The lowest BCUT2D eigenvalue weighted by molar-refractivity contribution is -0.121. The molecular weight excluding hydrogens is 108 g/mol. The molecule has 1 unspecified atom stereocenters. The molecule has 4 heteroatoms. The average molecular weight is 118 g/mol. The van der Waals surface area contributed by atoms with Crippen LogP contribution in [0.2, 0.25) is 0 Å². The number of rotatable bonds is 2. The summed E-state index contributed by atoms with van der Waals surface area (Å²) in [5.41, 5.74) is 9.75. The Morgan fingerprint density at radius 3 is 2.12 bits per heavy atom. The SMILES string of the molecule is C[C@H](O)C(N)C(N)=O. The minimum absolute atomic E-state index is 0.681. The second-order valence-corrected chi connectivity index (χ2v) is 1.67. The maximum atomic E-state index is 10.1. The van der Waals surface area contributed by atoms with Crippen LogP contribution in [-0.4, -0.2) is 23.2 Å². The average Bonchev–Trinajstić information content (AvgIpc) is 1.64. The van der Waals surface area contributed by atoms with Crippen molar-refractivity contribution in [2.24, 2.45) is 11.5 Å². The van der Waals surface area contributed by atoms with Crippen molar-refractivity contribution in [2.75, 3.05) is 0 Å². The van der Waals surface area contributed by atoms with Crippen molar-refractivity contribution >= 4 is 5.91 Å². The van der Waals surface area contributed by atoms with Crippen LogP contribution < -0.4 is 11.5 Å². The summed E-state index contributed by atoms with van der Waals surface area (Å²) >= 11 is 0. The van der Waals surface area contributed by atoms with Gasteiger partial charge >= 0.3 is 0 Å². The molecule has 1 amide bonds. The summed E-state index contributed by atoms with van der Waals surface area (Å²) < 4.78 is 0. The molecule has 0 bridgehead atoms. The first-order valence-corrected chi connectivity index (χ1v) is 2.28. The normalized spacial score (nSPS) is 17.4. The maximum Gasteiger partial charge on any atom is 0.237 e. The van der Waals surface area contributed by atoms with E-state index in [9.17, 15) is 4.79 Å². The third kappa shape index (κ3) is 1.90. The van der Waals surface area contributed by atoms with Gasteiger partial charge in [0.2, 0.25) is 5.91 Å². The van der Waals surface area contributed by atoms with Gasteiger partial charge in [0, 0.05) is 0 Å². The summed E-state index contributed by atoms with van der Waals surface area (Å²) in [7, 11) is 0. The van der Waals surface area contributed by atoms with Gasteiger partial charge in [0.15, 0.2) is 0 Å². The molecule has 5 N–H and O–H groups in total. The van der Waals surface area contributed by atoms with E-state index in [1.807, 2.05) is 0 Å². The second kappa shape index (κ2) is 2.64. The monoisotopic (exact) mass is 118 g/mol. The molecule has 0 aromatic heterocycles. The number of hydrogen-bond donors (Lipinski definition) is 3. The molecule has 0 aromatic rings. The van der Waals surface area contributed by atoms with Crippen LogP contribution in [0.3, 0.4) is 0 Å². The highest BCUT2D eigenvalue weighted by atomic mass is 16.3. The lowest BCUT2D eigenvalue weighted by atomic mass is 10.2. The number of nitrogens with two attached hydrogens (primary N) is 2. The molecule has 0 radical (unpaired) electrons. The maximum absolute atomic E-state index is 10.1. The standard InChI is InChI=1S/C4H10N2O2/c1-2(7)3(5)4(6)8/h2-3,7H,5H2,1H3,(H2,6,8)/t2-,3?/m0/s1. The zero-order valence-electron chi connectivity index (χ0n) is 4.66. The van der Waals surface area contributed by atoms with Crippen LogP contribution in [-0.2, 0) is 4.79 Å². The van der Waals surface area contributed by atoms with Crippen LogP contribution in [0.4, 0.5) is 0 Å². The topological polar surface area (TPSA) is 89.3 Å². The Labute approximate surface area is 47.5 Å². The Morgan fingerprint density at radius 1 is 1.75 bits per heavy atom. The quantitative estimate of drug-likeness (QED) is 0.399. The Morgan fingerprint density at radius 2 is 2.12 bits per heavy atom. The van der Waals surface area contributed by atoms with Crippen molar-refractivity contribution in [3.05, 3.63) is 0 Å². The van der Waals surface area contributed by atoms with Crippen molar-refractivity contribution in [1.82, 2.24) is 0 Å². The summed E-state index contributed by atoms with van der Waals surface area (Å²) in [6.45, 7) is 1.41. The fourth-order valence-corrected chi connectivity index (χ4v) is 0.238. The van der Waals surface area contributed by atoms with Crippen LogP contribution in [0.15, 0.2) is 0 Å². The number of amides is 1. The minimum atomic E-state index is -0.935. The van der Waals surface area contributed by atoms with E-state index in [-0.39, 0.29) is 0 Å². The number of primary amides is 1. The number of hydrogen-bond acceptors (Lipinski definition) is 3. The zero-order chi connectivity index (χ0) is 6.73. The molecule has 0 saturated heterocycles. The Hall–Kier alpha value is -0.610. The summed E-state index contributed by atoms with van der Waals surface area (Å²) in [5.74, 6) is -0.681. The van der Waals surface area contributed by atoms with Gasteiger partial charge in [-0.15, -0.1) is 0 Å². The number of aliphatic hydroxyl groups excluding tert-OH is 1. The predicted octanol–water partition coefficient (Wildman–Crippen LogP) is -1.82. The van der Waals surface area contributed by atoms with Crippen molar-refractivity contribution < 1.29 is 9.90 Å². The third-order valence-corrected chi connectivity index (χ3v) is 0.848. The summed E-state index contributed by atoms with van der Waals surface area (Å²) in [5, 5.41) is 8.57. The zero-order valence-corrected chi connectivity index (χ0v) is 4.66. The van der Waals surface area contributed by atoms with Crippen molar-refractivity contribution in [2.45, 2.75) is 19.1 Å². The van der Waals surface area contributed by atoms with Crippen molar-refractivity contribution in [3.63, 3.8) is 0 Å². The van der Waals surface area contributed by atoms with Gasteiger partial charge in [-0.25, -0.2) is 0 Å². The van der Waals surface area contributed by atoms with Gasteiger partial charge < -0.3 is 16.6 Å². The molecule has 0 rings (SSSR count). The fourth-order valence-electron chi connectivity index (χ4n) is 0.238. The van der Waals surface area contributed by atoms with Crippen LogP contribution in [0.5, 0.6) is 0 Å². The second-order valence-electron chi connectivity index (χ2n) is 1.67. The first-order chi connectivity index (χ1) is 3.55. The van der Waals surface area contributed by atoms with Gasteiger partial charge in [-0.3, -0.25) is 4.79 Å². The van der Waals surface area contributed by atoms with E-state index in [2.05, 4.69) is 0 Å². The molecular formula is C4H10N2O2. The molecule has 0 fully saturated rings. The lowest BCUT2D eigenvalue weighted by Crippen LogP contribution is -2.44. The van der Waals surface area contributed by atoms with Gasteiger partial charge in [0.1, 0.15) is 6.04 Å². The highest BCUT2D eigenvalue weighted by molar-refractivity contribution is 5.80. The fraction of sp³-hybridized carbons (Fsp3) is 0.750. The molecule has 0 heterocycles. The van der Waals surface area contributed by atoms with E-state index >= 15 is 0 Å².